The number of nitrogens with one attached hydrogen (secondary N) is 1. The van der Waals surface area contributed by atoms with Gasteiger partial charge in [-0.2, -0.15) is 5.10 Å². The highest BCUT2D eigenvalue weighted by Crippen LogP contribution is 2.28. The summed E-state index contributed by atoms with van der Waals surface area (Å²) in [4.78, 5) is 30.8. The Bertz CT molecular complexity index is 1400. The molecule has 0 aliphatic heterocycles. The van der Waals surface area contributed by atoms with Crippen LogP contribution in [0.3, 0.4) is 0 Å². The van der Waals surface area contributed by atoms with E-state index < -0.39 is 11.7 Å². The molecule has 0 saturated heterocycles. The molecule has 0 atom stereocenters. The average Bonchev–Trinajstić information content (AvgIpc) is 3.30. The molecule has 1 saturated carbocycles. The van der Waals surface area contributed by atoms with Gasteiger partial charge in [0.1, 0.15) is 11.5 Å². The number of rotatable bonds is 5. The SMILES string of the molecule is Cc1cc(F)c(C(=O)NC2CC2)cc1-c1cnn(-c2cnc3ccc(C(=O)N(C)C)cn23)c1. The van der Waals surface area contributed by atoms with Gasteiger partial charge in [0, 0.05) is 38.1 Å². The molecule has 0 radical (unpaired) electrons. The first-order chi connectivity index (χ1) is 15.8. The molecule has 8 nitrogen and oxygen atoms in total. The number of fused-ring (bicyclic) bond motifs is 1. The van der Waals surface area contributed by atoms with Crippen molar-refractivity contribution in [3.05, 3.63) is 71.6 Å². The van der Waals surface area contributed by atoms with Crippen LogP contribution in [0.1, 0.15) is 39.1 Å². The zero-order valence-corrected chi connectivity index (χ0v) is 18.5. The zero-order chi connectivity index (χ0) is 23.3. The molecule has 5 rings (SSSR count). The monoisotopic (exact) mass is 446 g/mol. The maximum atomic E-state index is 14.5. The van der Waals surface area contributed by atoms with Crippen LogP contribution in [0.15, 0.2) is 49.1 Å². The lowest BCUT2D eigenvalue weighted by atomic mass is 9.99. The molecule has 1 N–H and O–H groups in total. The van der Waals surface area contributed by atoms with E-state index >= 15 is 0 Å². The molecule has 0 spiro atoms. The topological polar surface area (TPSA) is 84.5 Å². The van der Waals surface area contributed by atoms with Crippen LogP contribution in [0.5, 0.6) is 0 Å². The van der Waals surface area contributed by atoms with E-state index in [1.54, 1.807) is 73.1 Å². The Morgan fingerprint density at radius 2 is 1.94 bits per heavy atom. The Hall–Kier alpha value is -4.01. The molecule has 1 aromatic carbocycles. The number of benzene rings is 1. The van der Waals surface area contributed by atoms with Crippen molar-refractivity contribution >= 4 is 17.5 Å². The summed E-state index contributed by atoms with van der Waals surface area (Å²) in [6.07, 6.45) is 8.72. The number of carbonyl (C=O) groups excluding carboxylic acids is 2. The third-order valence-corrected chi connectivity index (χ3v) is 5.74. The van der Waals surface area contributed by atoms with E-state index in [-0.39, 0.29) is 17.5 Å². The van der Waals surface area contributed by atoms with Gasteiger partial charge in [-0.1, -0.05) is 0 Å². The Morgan fingerprint density at radius 1 is 1.15 bits per heavy atom. The number of nitrogens with zero attached hydrogens (tertiary/aromatic N) is 5. The van der Waals surface area contributed by atoms with Crippen LogP contribution in [0.2, 0.25) is 0 Å². The fourth-order valence-electron chi connectivity index (χ4n) is 3.76. The maximum Gasteiger partial charge on any atom is 0.254 e. The van der Waals surface area contributed by atoms with Crippen LogP contribution in [-0.2, 0) is 0 Å². The Kier molecular flexibility index (Phi) is 4.96. The third kappa shape index (κ3) is 3.86. The third-order valence-electron chi connectivity index (χ3n) is 5.74. The van der Waals surface area contributed by atoms with Crippen LogP contribution < -0.4 is 5.32 Å². The van der Waals surface area contributed by atoms with Crippen LogP contribution in [0.4, 0.5) is 4.39 Å². The summed E-state index contributed by atoms with van der Waals surface area (Å²) in [5.41, 5.74) is 3.39. The van der Waals surface area contributed by atoms with Gasteiger partial charge in [-0.15, -0.1) is 0 Å². The minimum Gasteiger partial charge on any atom is -0.349 e. The van der Waals surface area contributed by atoms with Gasteiger partial charge in [0.2, 0.25) is 0 Å². The number of halogens is 1. The van der Waals surface area contributed by atoms with E-state index in [1.165, 1.54) is 11.0 Å². The molecular weight excluding hydrogens is 423 g/mol. The van der Waals surface area contributed by atoms with Crippen molar-refractivity contribution in [3.8, 4) is 16.9 Å². The predicted molar refractivity (Wildman–Crippen MR) is 121 cm³/mol. The van der Waals surface area contributed by atoms with E-state index in [1.807, 2.05) is 0 Å². The molecule has 2 amide bonds. The molecule has 1 aliphatic rings. The molecule has 0 unspecified atom stereocenters. The van der Waals surface area contributed by atoms with Crippen LogP contribution >= 0.6 is 0 Å². The molecule has 1 fully saturated rings. The molecule has 3 heterocycles. The van der Waals surface area contributed by atoms with Crippen molar-refractivity contribution in [3.63, 3.8) is 0 Å². The van der Waals surface area contributed by atoms with Gasteiger partial charge in [0.05, 0.1) is 23.5 Å². The van der Waals surface area contributed by atoms with E-state index in [0.717, 1.165) is 24.0 Å². The van der Waals surface area contributed by atoms with E-state index in [0.29, 0.717) is 22.6 Å². The van der Waals surface area contributed by atoms with Crippen molar-refractivity contribution in [2.45, 2.75) is 25.8 Å². The number of pyridine rings is 1. The maximum absolute atomic E-state index is 14.5. The molecule has 3 aromatic heterocycles. The first-order valence-electron chi connectivity index (χ1n) is 10.7. The first-order valence-corrected chi connectivity index (χ1v) is 10.7. The van der Waals surface area contributed by atoms with Crippen molar-refractivity contribution in [1.29, 1.82) is 0 Å². The number of hydrogen-bond donors (Lipinski definition) is 1. The number of aromatic nitrogens is 4. The highest BCUT2D eigenvalue weighted by molar-refractivity contribution is 5.96. The van der Waals surface area contributed by atoms with Crippen molar-refractivity contribution < 1.29 is 14.0 Å². The lowest BCUT2D eigenvalue weighted by Gasteiger charge is -2.11. The van der Waals surface area contributed by atoms with Gasteiger partial charge in [-0.3, -0.25) is 14.0 Å². The van der Waals surface area contributed by atoms with E-state index in [9.17, 15) is 14.0 Å². The zero-order valence-electron chi connectivity index (χ0n) is 18.5. The fraction of sp³-hybridized carbons (Fsp3) is 0.250. The standard InChI is InChI=1S/C24H23FN6O2/c1-14-8-20(25)19(23(32)28-17-5-6-17)9-18(14)16-10-27-31(13-16)22-11-26-21-7-4-15(12-30(21)22)24(33)29(2)3/h4,7-13,17H,5-6H2,1-3H3,(H,28,32). The second-order valence-corrected chi connectivity index (χ2v) is 8.53. The quantitative estimate of drug-likeness (QED) is 0.510. The second-order valence-electron chi connectivity index (χ2n) is 8.53. The fourth-order valence-corrected chi connectivity index (χ4v) is 3.76. The second kappa shape index (κ2) is 7.84. The smallest absolute Gasteiger partial charge is 0.254 e. The van der Waals surface area contributed by atoms with Crippen LogP contribution in [-0.4, -0.2) is 56.0 Å². The number of hydrogen-bond acceptors (Lipinski definition) is 4. The number of amides is 2. The molecule has 4 aromatic rings. The summed E-state index contributed by atoms with van der Waals surface area (Å²) in [6, 6.07) is 6.61. The Morgan fingerprint density at radius 3 is 2.67 bits per heavy atom. The van der Waals surface area contributed by atoms with Gasteiger partial charge in [-0.25, -0.2) is 14.1 Å². The first kappa shape index (κ1) is 20.9. The van der Waals surface area contributed by atoms with Crippen molar-refractivity contribution in [1.82, 2.24) is 29.4 Å². The molecule has 9 heteroatoms. The lowest BCUT2D eigenvalue weighted by molar-refractivity contribution is 0.0826. The van der Waals surface area contributed by atoms with E-state index in [2.05, 4.69) is 15.4 Å². The summed E-state index contributed by atoms with van der Waals surface area (Å²) < 4.78 is 17.9. The summed E-state index contributed by atoms with van der Waals surface area (Å²) in [5.74, 6) is -0.405. The van der Waals surface area contributed by atoms with Gasteiger partial charge < -0.3 is 10.2 Å². The van der Waals surface area contributed by atoms with E-state index in [4.69, 9.17) is 0 Å². The van der Waals surface area contributed by atoms with Crippen molar-refractivity contribution in [2.24, 2.45) is 0 Å². The molecular formula is C24H23FN6O2. The van der Waals surface area contributed by atoms with Crippen molar-refractivity contribution in [2.75, 3.05) is 14.1 Å². The van der Waals surface area contributed by atoms with Gasteiger partial charge in [-0.05, 0) is 55.2 Å². The Balaban J connectivity index is 1.52. The predicted octanol–water partition coefficient (Wildman–Crippen LogP) is 3.23. The highest BCUT2D eigenvalue weighted by atomic mass is 19.1. The van der Waals surface area contributed by atoms with Crippen LogP contribution in [0.25, 0.3) is 22.6 Å². The summed E-state index contributed by atoms with van der Waals surface area (Å²) in [5, 5.41) is 7.29. The minimum atomic E-state index is -0.540. The van der Waals surface area contributed by atoms with Gasteiger partial charge in [0.25, 0.3) is 11.8 Å². The van der Waals surface area contributed by atoms with Crippen LogP contribution in [0, 0.1) is 12.7 Å². The Labute approximate surface area is 189 Å². The minimum absolute atomic E-state index is 0.0249. The number of aryl methyl sites for hydroxylation is 1. The lowest BCUT2D eigenvalue weighted by Crippen LogP contribution is -2.26. The average molecular weight is 446 g/mol. The largest absolute Gasteiger partial charge is 0.349 e. The molecule has 33 heavy (non-hydrogen) atoms. The summed E-state index contributed by atoms with van der Waals surface area (Å²) in [7, 11) is 3.40. The van der Waals surface area contributed by atoms with Gasteiger partial charge in [0.15, 0.2) is 5.82 Å². The number of imidazole rings is 1. The summed E-state index contributed by atoms with van der Waals surface area (Å²) >= 11 is 0. The molecule has 0 bridgehead atoms. The van der Waals surface area contributed by atoms with Gasteiger partial charge >= 0.3 is 0 Å². The highest BCUT2D eigenvalue weighted by Gasteiger charge is 2.26. The molecule has 1 aliphatic carbocycles. The number of carbonyl (C=O) groups is 2. The normalized spacial score (nSPS) is 13.3. The summed E-state index contributed by atoms with van der Waals surface area (Å²) in [6.45, 7) is 1.80. The molecule has 168 valence electrons.